The van der Waals surface area contributed by atoms with E-state index in [4.69, 9.17) is 9.15 Å². The molecule has 0 unspecified atom stereocenters. The average molecular weight is 499 g/mol. The van der Waals surface area contributed by atoms with Gasteiger partial charge in [-0.25, -0.2) is 4.39 Å². The summed E-state index contributed by atoms with van der Waals surface area (Å²) in [5.41, 5.74) is -0.0555. The molecular formula is C25H31FN6O4. The van der Waals surface area contributed by atoms with Crippen LogP contribution in [0.15, 0.2) is 40.8 Å². The van der Waals surface area contributed by atoms with E-state index in [0.717, 1.165) is 12.8 Å². The molecule has 0 bridgehead atoms. The number of ether oxygens (including phenoxy) is 1. The molecule has 36 heavy (non-hydrogen) atoms. The number of tetrazole rings is 1. The largest absolute Gasteiger partial charge is 0.458 e. The van der Waals surface area contributed by atoms with Crippen molar-refractivity contribution >= 4 is 11.8 Å². The Kier molecular flexibility index (Phi) is 7.48. The number of carbonyl (C=O) groups excluding carboxylic acids is 2. The summed E-state index contributed by atoms with van der Waals surface area (Å²) in [5.74, 6) is 0.186. The maximum Gasteiger partial charge on any atom is 0.247 e. The van der Waals surface area contributed by atoms with Gasteiger partial charge in [-0.1, -0.05) is 12.1 Å². The monoisotopic (exact) mass is 498 g/mol. The van der Waals surface area contributed by atoms with E-state index in [1.807, 2.05) is 20.8 Å². The molecule has 1 saturated heterocycles. The predicted molar refractivity (Wildman–Crippen MR) is 128 cm³/mol. The van der Waals surface area contributed by atoms with Crippen molar-refractivity contribution in [2.45, 2.75) is 64.8 Å². The number of carbonyl (C=O) groups is 2. The molecule has 11 heteroatoms. The number of rotatable bonds is 8. The third-order valence-corrected chi connectivity index (χ3v) is 5.68. The fourth-order valence-electron chi connectivity index (χ4n) is 4.09. The first-order chi connectivity index (χ1) is 17.1. The zero-order valence-electron chi connectivity index (χ0n) is 20.9. The standard InChI is InChI=1S/C25H31FN6O4/c1-16-7-12-20(36-16)23-28-30-32(29-23)15-21(33)31(14-19-6-5-13-35-19)22(24(34)27-25(2,3)4)17-8-10-18(26)11-9-17/h7-12,19,22H,5-6,13-15H2,1-4H3,(H,27,34)/t19-,22-/m1/s1. The minimum absolute atomic E-state index is 0.192. The SMILES string of the molecule is Cc1ccc(-c2nnn(CC(=O)N(C[C@H]3CCCO3)[C@@H](C(=O)NC(C)(C)C)c3ccc(F)cc3)n2)o1. The molecule has 3 heterocycles. The first kappa shape index (κ1) is 25.5. The summed E-state index contributed by atoms with van der Waals surface area (Å²) in [6.45, 7) is 7.91. The molecule has 0 aliphatic carbocycles. The Labute approximate surface area is 208 Å². The van der Waals surface area contributed by atoms with Crippen molar-refractivity contribution in [2.75, 3.05) is 13.2 Å². The highest BCUT2D eigenvalue weighted by Gasteiger charge is 2.36. The third kappa shape index (κ3) is 6.34. The van der Waals surface area contributed by atoms with Crippen molar-refractivity contribution < 1.29 is 23.1 Å². The van der Waals surface area contributed by atoms with E-state index in [-0.39, 0.29) is 30.9 Å². The van der Waals surface area contributed by atoms with Crippen LogP contribution in [0, 0.1) is 12.7 Å². The van der Waals surface area contributed by atoms with E-state index in [2.05, 4.69) is 20.7 Å². The number of amides is 2. The highest BCUT2D eigenvalue weighted by Crippen LogP contribution is 2.26. The first-order valence-electron chi connectivity index (χ1n) is 11.9. The number of furan rings is 1. The van der Waals surface area contributed by atoms with Crippen LogP contribution in [0.25, 0.3) is 11.6 Å². The lowest BCUT2D eigenvalue weighted by molar-refractivity contribution is -0.144. The molecule has 1 fully saturated rings. The maximum absolute atomic E-state index is 13.7. The number of hydrogen-bond acceptors (Lipinski definition) is 7. The Bertz CT molecular complexity index is 1190. The number of halogens is 1. The quantitative estimate of drug-likeness (QED) is 0.508. The Balaban J connectivity index is 1.64. The van der Waals surface area contributed by atoms with Crippen LogP contribution >= 0.6 is 0 Å². The second-order valence-electron chi connectivity index (χ2n) is 9.93. The summed E-state index contributed by atoms with van der Waals surface area (Å²) in [6, 6.07) is 8.09. The molecule has 4 rings (SSSR count). The molecule has 0 spiro atoms. The van der Waals surface area contributed by atoms with Crippen LogP contribution in [-0.4, -0.2) is 61.7 Å². The van der Waals surface area contributed by atoms with Gasteiger partial charge in [0.05, 0.1) is 6.10 Å². The van der Waals surface area contributed by atoms with E-state index in [0.29, 0.717) is 23.7 Å². The molecule has 0 radical (unpaired) electrons. The lowest BCUT2D eigenvalue weighted by atomic mass is 10.0. The Morgan fingerprint density at radius 1 is 1.22 bits per heavy atom. The van der Waals surface area contributed by atoms with Crippen molar-refractivity contribution in [3.8, 4) is 11.6 Å². The molecule has 2 amide bonds. The van der Waals surface area contributed by atoms with E-state index in [9.17, 15) is 14.0 Å². The van der Waals surface area contributed by atoms with Crippen LogP contribution in [0.1, 0.15) is 51.0 Å². The average Bonchev–Trinajstić information content (AvgIpc) is 3.56. The molecule has 1 aliphatic heterocycles. The highest BCUT2D eigenvalue weighted by atomic mass is 19.1. The molecule has 192 valence electrons. The normalized spacial score (nSPS) is 16.6. The van der Waals surface area contributed by atoms with Crippen LogP contribution < -0.4 is 5.32 Å². The molecule has 2 aromatic heterocycles. The Hall–Kier alpha value is -3.60. The zero-order chi connectivity index (χ0) is 25.9. The summed E-state index contributed by atoms with van der Waals surface area (Å²) in [6.07, 6.45) is 1.42. The fourth-order valence-corrected chi connectivity index (χ4v) is 4.09. The number of nitrogens with zero attached hydrogens (tertiary/aromatic N) is 5. The van der Waals surface area contributed by atoms with Gasteiger partial charge in [0.25, 0.3) is 0 Å². The number of aryl methyl sites for hydroxylation is 1. The number of hydrogen-bond donors (Lipinski definition) is 1. The van der Waals surface area contributed by atoms with Gasteiger partial charge in [-0.15, -0.1) is 10.2 Å². The van der Waals surface area contributed by atoms with Crippen LogP contribution in [0.3, 0.4) is 0 Å². The lowest BCUT2D eigenvalue weighted by Gasteiger charge is -2.34. The molecule has 1 N–H and O–H groups in total. The zero-order valence-corrected chi connectivity index (χ0v) is 20.9. The number of aromatic nitrogens is 4. The molecule has 10 nitrogen and oxygen atoms in total. The maximum atomic E-state index is 13.7. The van der Waals surface area contributed by atoms with Gasteiger partial charge in [-0.05, 0) is 75.6 Å². The van der Waals surface area contributed by atoms with Crippen molar-refractivity contribution in [1.29, 1.82) is 0 Å². The highest BCUT2D eigenvalue weighted by molar-refractivity contribution is 5.89. The molecule has 3 aromatic rings. The summed E-state index contributed by atoms with van der Waals surface area (Å²) >= 11 is 0. The summed E-state index contributed by atoms with van der Waals surface area (Å²) < 4.78 is 25.0. The first-order valence-corrected chi connectivity index (χ1v) is 11.9. The van der Waals surface area contributed by atoms with Gasteiger partial charge in [0.2, 0.25) is 17.6 Å². The van der Waals surface area contributed by atoms with Crippen molar-refractivity contribution in [3.05, 3.63) is 53.5 Å². The van der Waals surface area contributed by atoms with Gasteiger partial charge in [-0.3, -0.25) is 9.59 Å². The fraction of sp³-hybridized carbons (Fsp3) is 0.480. The van der Waals surface area contributed by atoms with Gasteiger partial charge >= 0.3 is 0 Å². The van der Waals surface area contributed by atoms with Crippen molar-refractivity contribution in [3.63, 3.8) is 0 Å². The smallest absolute Gasteiger partial charge is 0.247 e. The minimum atomic E-state index is -1.00. The predicted octanol–water partition coefficient (Wildman–Crippen LogP) is 3.04. The third-order valence-electron chi connectivity index (χ3n) is 5.68. The van der Waals surface area contributed by atoms with Crippen molar-refractivity contribution in [1.82, 2.24) is 30.4 Å². The van der Waals surface area contributed by atoms with Crippen molar-refractivity contribution in [2.24, 2.45) is 0 Å². The van der Waals surface area contributed by atoms with Crippen LogP contribution in [0.5, 0.6) is 0 Å². The van der Waals surface area contributed by atoms with Crippen LogP contribution in [0.2, 0.25) is 0 Å². The van der Waals surface area contributed by atoms with Gasteiger partial charge < -0.3 is 19.4 Å². The molecular weight excluding hydrogens is 467 g/mol. The van der Waals surface area contributed by atoms with E-state index in [1.54, 1.807) is 19.1 Å². The summed E-state index contributed by atoms with van der Waals surface area (Å²) in [7, 11) is 0. The van der Waals surface area contributed by atoms with E-state index < -0.39 is 23.3 Å². The van der Waals surface area contributed by atoms with Gasteiger partial charge in [0, 0.05) is 18.7 Å². The number of nitrogens with one attached hydrogen (secondary N) is 1. The van der Waals surface area contributed by atoms with Gasteiger partial charge in [0.1, 0.15) is 24.2 Å². The van der Waals surface area contributed by atoms with E-state index >= 15 is 0 Å². The molecule has 1 aliphatic rings. The van der Waals surface area contributed by atoms with Gasteiger partial charge in [0.15, 0.2) is 5.76 Å². The molecule has 0 saturated carbocycles. The second-order valence-corrected chi connectivity index (χ2v) is 9.93. The van der Waals surface area contributed by atoms with Crippen LogP contribution in [0.4, 0.5) is 4.39 Å². The minimum Gasteiger partial charge on any atom is -0.458 e. The Morgan fingerprint density at radius 3 is 2.58 bits per heavy atom. The van der Waals surface area contributed by atoms with E-state index in [1.165, 1.54) is 34.0 Å². The molecule has 2 atom stereocenters. The Morgan fingerprint density at radius 2 is 1.97 bits per heavy atom. The summed E-state index contributed by atoms with van der Waals surface area (Å²) in [5, 5.41) is 15.2. The summed E-state index contributed by atoms with van der Waals surface area (Å²) in [4.78, 5) is 29.8. The second kappa shape index (κ2) is 10.6. The topological polar surface area (TPSA) is 115 Å². The molecule has 1 aromatic carbocycles. The van der Waals surface area contributed by atoms with Crippen LogP contribution in [-0.2, 0) is 20.9 Å². The lowest BCUT2D eigenvalue weighted by Crippen LogP contribution is -2.51. The van der Waals surface area contributed by atoms with Gasteiger partial charge in [-0.2, -0.15) is 4.80 Å². The number of benzene rings is 1.